The van der Waals surface area contributed by atoms with Gasteiger partial charge < -0.3 is 10.6 Å². The van der Waals surface area contributed by atoms with Crippen molar-refractivity contribution in [3.05, 3.63) is 83.4 Å². The van der Waals surface area contributed by atoms with E-state index in [1.807, 2.05) is 55.5 Å². The van der Waals surface area contributed by atoms with Crippen LogP contribution in [0.3, 0.4) is 0 Å². The first-order valence-electron chi connectivity index (χ1n) is 10.0. The van der Waals surface area contributed by atoms with Crippen molar-refractivity contribution < 1.29 is 9.59 Å². The summed E-state index contributed by atoms with van der Waals surface area (Å²) in [4.78, 5) is 30.7. The van der Waals surface area contributed by atoms with Gasteiger partial charge in [0, 0.05) is 21.2 Å². The van der Waals surface area contributed by atoms with E-state index < -0.39 is 0 Å². The Balaban J connectivity index is 1.42. The molecule has 1 aromatic heterocycles. The largest absolute Gasteiger partial charge is 0.322 e. The molecule has 32 heavy (non-hydrogen) atoms. The highest BCUT2D eigenvalue weighted by Crippen LogP contribution is 2.30. The number of carbonyl (C=O) groups is 2. The molecular weight excluding hydrogens is 462 g/mol. The van der Waals surface area contributed by atoms with Gasteiger partial charge in [0.1, 0.15) is 0 Å². The van der Waals surface area contributed by atoms with Crippen molar-refractivity contribution in [3.63, 3.8) is 0 Å². The van der Waals surface area contributed by atoms with Gasteiger partial charge in [-0.2, -0.15) is 0 Å². The van der Waals surface area contributed by atoms with Crippen LogP contribution in [0.15, 0.2) is 77.7 Å². The summed E-state index contributed by atoms with van der Waals surface area (Å²) in [6, 6.07) is 22.0. The first-order valence-corrected chi connectivity index (χ1v) is 12.1. The maximum atomic E-state index is 12.9. The van der Waals surface area contributed by atoms with Gasteiger partial charge in [0.2, 0.25) is 5.91 Å². The van der Waals surface area contributed by atoms with Gasteiger partial charge in [0.05, 0.1) is 15.5 Å². The highest BCUT2D eigenvalue weighted by Gasteiger charge is 2.20. The number of fused-ring (bicyclic) bond motifs is 1. The van der Waals surface area contributed by atoms with Crippen molar-refractivity contribution in [1.29, 1.82) is 0 Å². The van der Waals surface area contributed by atoms with E-state index in [2.05, 4.69) is 15.6 Å². The normalized spacial score (nSPS) is 11.8. The van der Waals surface area contributed by atoms with Gasteiger partial charge in [0.25, 0.3) is 5.91 Å². The lowest BCUT2D eigenvalue weighted by Gasteiger charge is -2.14. The number of para-hydroxylation sites is 1. The number of aromatic nitrogens is 1. The number of rotatable bonds is 7. The molecule has 0 radical (unpaired) electrons. The second-order valence-electron chi connectivity index (χ2n) is 6.98. The van der Waals surface area contributed by atoms with Crippen LogP contribution in [-0.2, 0) is 4.79 Å². The fourth-order valence-electron chi connectivity index (χ4n) is 3.08. The predicted octanol–water partition coefficient (Wildman–Crippen LogP) is 6.71. The second kappa shape index (κ2) is 10.2. The molecule has 0 aliphatic heterocycles. The van der Waals surface area contributed by atoms with Gasteiger partial charge in [-0.15, -0.1) is 11.8 Å². The molecule has 162 valence electrons. The van der Waals surface area contributed by atoms with Crippen molar-refractivity contribution in [2.45, 2.75) is 23.5 Å². The van der Waals surface area contributed by atoms with E-state index >= 15 is 0 Å². The van der Waals surface area contributed by atoms with Crippen LogP contribution >= 0.6 is 34.7 Å². The van der Waals surface area contributed by atoms with Crippen molar-refractivity contribution >= 4 is 67.5 Å². The predicted molar refractivity (Wildman–Crippen MR) is 134 cm³/mol. The summed E-state index contributed by atoms with van der Waals surface area (Å²) < 4.78 is 1.03. The van der Waals surface area contributed by atoms with E-state index in [0.29, 0.717) is 27.8 Å². The van der Waals surface area contributed by atoms with Gasteiger partial charge in [-0.1, -0.05) is 54.1 Å². The summed E-state index contributed by atoms with van der Waals surface area (Å²) in [7, 11) is 0. The molecule has 0 aliphatic rings. The number of nitrogens with zero attached hydrogens (tertiary/aromatic N) is 1. The number of benzene rings is 3. The number of hydrogen-bond donors (Lipinski definition) is 2. The summed E-state index contributed by atoms with van der Waals surface area (Å²) in [6.07, 6.45) is 0.653. The van der Waals surface area contributed by atoms with Gasteiger partial charge in [-0.05, 0) is 55.0 Å². The monoisotopic (exact) mass is 481 g/mol. The highest BCUT2D eigenvalue weighted by atomic mass is 35.5. The van der Waals surface area contributed by atoms with Crippen LogP contribution in [0.5, 0.6) is 0 Å². The zero-order valence-electron chi connectivity index (χ0n) is 17.2. The molecule has 1 unspecified atom stereocenters. The Hall–Kier alpha value is -2.87. The number of hydrogen-bond acceptors (Lipinski definition) is 5. The number of thiazole rings is 1. The first kappa shape index (κ1) is 22.3. The van der Waals surface area contributed by atoms with E-state index in [4.69, 9.17) is 11.6 Å². The molecule has 3 aromatic carbocycles. The average Bonchev–Trinajstić information content (AvgIpc) is 3.20. The van der Waals surface area contributed by atoms with E-state index in [-0.39, 0.29) is 17.1 Å². The summed E-state index contributed by atoms with van der Waals surface area (Å²) in [5, 5.41) is 6.63. The van der Waals surface area contributed by atoms with Crippen LogP contribution in [0.4, 0.5) is 10.8 Å². The molecule has 2 amide bonds. The molecule has 2 N–H and O–H groups in total. The molecule has 0 saturated heterocycles. The quantitative estimate of drug-likeness (QED) is 0.288. The minimum absolute atomic E-state index is 0.0927. The fraction of sp³-hybridized carbons (Fsp3) is 0.125. The summed E-state index contributed by atoms with van der Waals surface area (Å²) in [5.74, 6) is -0.333. The Morgan fingerprint density at radius 3 is 2.62 bits per heavy atom. The van der Waals surface area contributed by atoms with E-state index in [0.717, 1.165) is 15.1 Å². The molecule has 4 rings (SSSR count). The maximum absolute atomic E-state index is 12.9. The lowest BCUT2D eigenvalue weighted by Crippen LogP contribution is -2.24. The molecule has 0 spiro atoms. The molecule has 0 saturated carbocycles. The van der Waals surface area contributed by atoms with Crippen LogP contribution in [0.2, 0.25) is 5.02 Å². The Morgan fingerprint density at radius 2 is 1.84 bits per heavy atom. The number of halogens is 1. The van der Waals surface area contributed by atoms with Crippen LogP contribution in [0.1, 0.15) is 23.7 Å². The third-order valence-electron chi connectivity index (χ3n) is 4.64. The van der Waals surface area contributed by atoms with Crippen molar-refractivity contribution in [1.82, 2.24) is 4.98 Å². The number of nitrogens with one attached hydrogen (secondary N) is 2. The van der Waals surface area contributed by atoms with E-state index in [1.54, 1.807) is 24.3 Å². The lowest BCUT2D eigenvalue weighted by atomic mass is 10.2. The van der Waals surface area contributed by atoms with Crippen LogP contribution in [0, 0.1) is 0 Å². The van der Waals surface area contributed by atoms with Crippen molar-refractivity contribution in [2.75, 3.05) is 10.6 Å². The third-order valence-corrected chi connectivity index (χ3v) is 7.19. The van der Waals surface area contributed by atoms with Gasteiger partial charge in [0.15, 0.2) is 5.13 Å². The molecule has 5 nitrogen and oxygen atoms in total. The molecule has 4 aromatic rings. The Morgan fingerprint density at radius 1 is 1.03 bits per heavy atom. The molecule has 1 atom stereocenters. The smallest absolute Gasteiger partial charge is 0.255 e. The molecule has 0 bridgehead atoms. The van der Waals surface area contributed by atoms with E-state index in [1.165, 1.54) is 23.1 Å². The second-order valence-corrected chi connectivity index (χ2v) is 9.73. The van der Waals surface area contributed by atoms with Crippen LogP contribution in [0.25, 0.3) is 10.2 Å². The average molecular weight is 482 g/mol. The summed E-state index contributed by atoms with van der Waals surface area (Å²) in [5.41, 5.74) is 2.01. The minimum atomic E-state index is -0.291. The summed E-state index contributed by atoms with van der Waals surface area (Å²) >= 11 is 8.89. The number of amides is 2. The standard InChI is InChI=1S/C24H20ClN3O2S2/c1-2-20(23(30)28-24-27-19-11-3-4-12-21(19)32-24)31-18-10-6-9-17(14-18)26-22(29)15-7-5-8-16(25)13-15/h3-14,20H,2H2,1H3,(H,26,29)(H,27,28,30). The molecule has 0 fully saturated rings. The molecule has 8 heteroatoms. The zero-order chi connectivity index (χ0) is 22.5. The fourth-order valence-corrected chi connectivity index (χ4v) is 5.15. The lowest BCUT2D eigenvalue weighted by molar-refractivity contribution is -0.115. The van der Waals surface area contributed by atoms with Gasteiger partial charge in [-0.25, -0.2) is 4.98 Å². The topological polar surface area (TPSA) is 71.1 Å². The number of thioether (sulfide) groups is 1. The first-order chi connectivity index (χ1) is 15.5. The minimum Gasteiger partial charge on any atom is -0.322 e. The maximum Gasteiger partial charge on any atom is 0.255 e. The molecule has 0 aliphatic carbocycles. The van der Waals surface area contributed by atoms with E-state index in [9.17, 15) is 9.59 Å². The summed E-state index contributed by atoms with van der Waals surface area (Å²) in [6.45, 7) is 1.97. The van der Waals surface area contributed by atoms with Crippen molar-refractivity contribution in [3.8, 4) is 0 Å². The number of carbonyl (C=O) groups excluding carboxylic acids is 2. The molecular formula is C24H20ClN3O2S2. The van der Waals surface area contributed by atoms with Crippen LogP contribution < -0.4 is 10.6 Å². The van der Waals surface area contributed by atoms with Gasteiger partial charge >= 0.3 is 0 Å². The van der Waals surface area contributed by atoms with Crippen LogP contribution in [-0.4, -0.2) is 22.0 Å². The van der Waals surface area contributed by atoms with Crippen molar-refractivity contribution in [2.24, 2.45) is 0 Å². The highest BCUT2D eigenvalue weighted by molar-refractivity contribution is 8.00. The molecule has 1 heterocycles. The Kier molecular flexibility index (Phi) is 7.09. The zero-order valence-corrected chi connectivity index (χ0v) is 19.6. The Bertz CT molecular complexity index is 1240. The SMILES string of the molecule is CCC(Sc1cccc(NC(=O)c2cccc(Cl)c2)c1)C(=O)Nc1nc2ccccc2s1. The number of anilines is 2. The Labute approximate surface area is 199 Å². The van der Waals surface area contributed by atoms with Gasteiger partial charge in [-0.3, -0.25) is 9.59 Å². The third kappa shape index (κ3) is 5.48.